The molecule has 0 saturated heterocycles. The lowest BCUT2D eigenvalue weighted by molar-refractivity contribution is -0.112. The fourth-order valence-corrected chi connectivity index (χ4v) is 3.09. The monoisotopic (exact) mass is 412 g/mol. The molecule has 0 atom stereocenters. The third-order valence-electron chi connectivity index (χ3n) is 4.73. The van der Waals surface area contributed by atoms with Crippen LogP contribution in [-0.4, -0.2) is 13.0 Å². The molecule has 1 N–H and O–H groups in total. The summed E-state index contributed by atoms with van der Waals surface area (Å²) in [6.45, 7) is 4.31. The Balaban J connectivity index is 1.76. The van der Waals surface area contributed by atoms with Gasteiger partial charge < -0.3 is 14.8 Å². The number of nitrogens with one attached hydrogen (secondary N) is 1. The van der Waals surface area contributed by atoms with Gasteiger partial charge >= 0.3 is 0 Å². The maximum absolute atomic E-state index is 12.6. The lowest BCUT2D eigenvalue weighted by Crippen LogP contribution is -2.14. The number of ether oxygens (including phenoxy) is 2. The highest BCUT2D eigenvalue weighted by molar-refractivity contribution is 6.10. The number of aryl methyl sites for hydroxylation is 2. The van der Waals surface area contributed by atoms with Gasteiger partial charge in [-0.15, -0.1) is 0 Å². The number of carbonyl (C=O) groups excluding carboxylic acids is 1. The van der Waals surface area contributed by atoms with E-state index in [0.29, 0.717) is 29.4 Å². The second kappa shape index (κ2) is 10.1. The SMILES string of the molecule is COc1cc(/C=C(\C#N)C(=O)Nc2ccc(C)cc2C)ccc1OCc1ccccc1. The van der Waals surface area contributed by atoms with Crippen molar-refractivity contribution in [2.45, 2.75) is 20.5 Å². The Kier molecular flexibility index (Phi) is 7.08. The molecule has 0 radical (unpaired) electrons. The highest BCUT2D eigenvalue weighted by Gasteiger charge is 2.12. The largest absolute Gasteiger partial charge is 0.493 e. The molecule has 0 aromatic heterocycles. The fourth-order valence-electron chi connectivity index (χ4n) is 3.09. The van der Waals surface area contributed by atoms with Crippen molar-refractivity contribution in [3.63, 3.8) is 0 Å². The van der Waals surface area contributed by atoms with Crippen LogP contribution in [0.25, 0.3) is 6.08 Å². The topological polar surface area (TPSA) is 71.3 Å². The summed E-state index contributed by atoms with van der Waals surface area (Å²) in [6.07, 6.45) is 1.53. The van der Waals surface area contributed by atoms with Gasteiger partial charge in [-0.3, -0.25) is 4.79 Å². The Morgan fingerprint density at radius 1 is 1.03 bits per heavy atom. The van der Waals surface area contributed by atoms with Crippen LogP contribution >= 0.6 is 0 Å². The molecule has 0 spiro atoms. The minimum absolute atomic E-state index is 0.0000167. The summed E-state index contributed by atoms with van der Waals surface area (Å²) in [5.41, 5.74) is 4.43. The average molecular weight is 412 g/mol. The number of rotatable bonds is 7. The van der Waals surface area contributed by atoms with Gasteiger partial charge in [0.15, 0.2) is 11.5 Å². The maximum atomic E-state index is 12.6. The zero-order chi connectivity index (χ0) is 22.2. The molecule has 0 heterocycles. The summed E-state index contributed by atoms with van der Waals surface area (Å²) < 4.78 is 11.3. The maximum Gasteiger partial charge on any atom is 0.266 e. The number of benzene rings is 3. The molecule has 0 saturated carbocycles. The van der Waals surface area contributed by atoms with E-state index in [2.05, 4.69) is 5.32 Å². The van der Waals surface area contributed by atoms with Gasteiger partial charge in [0.2, 0.25) is 0 Å². The molecule has 0 aliphatic heterocycles. The first-order valence-electron chi connectivity index (χ1n) is 9.85. The quantitative estimate of drug-likeness (QED) is 0.414. The third-order valence-corrected chi connectivity index (χ3v) is 4.73. The summed E-state index contributed by atoms with van der Waals surface area (Å²) in [4.78, 5) is 12.6. The van der Waals surface area contributed by atoms with Crippen LogP contribution in [-0.2, 0) is 11.4 Å². The van der Waals surface area contributed by atoms with Crippen LogP contribution in [0.1, 0.15) is 22.3 Å². The van der Waals surface area contributed by atoms with Gasteiger partial charge in [-0.2, -0.15) is 5.26 Å². The van der Waals surface area contributed by atoms with Crippen molar-refractivity contribution < 1.29 is 14.3 Å². The molecular weight excluding hydrogens is 388 g/mol. The number of anilines is 1. The van der Waals surface area contributed by atoms with E-state index in [1.165, 1.54) is 6.08 Å². The van der Waals surface area contributed by atoms with E-state index < -0.39 is 5.91 Å². The number of nitrogens with zero attached hydrogens (tertiary/aromatic N) is 1. The Morgan fingerprint density at radius 3 is 2.48 bits per heavy atom. The zero-order valence-corrected chi connectivity index (χ0v) is 17.8. The van der Waals surface area contributed by atoms with E-state index in [-0.39, 0.29) is 5.57 Å². The lowest BCUT2D eigenvalue weighted by atomic mass is 10.1. The van der Waals surface area contributed by atoms with E-state index in [0.717, 1.165) is 16.7 Å². The molecule has 1 amide bonds. The van der Waals surface area contributed by atoms with Gasteiger partial charge in [0.1, 0.15) is 18.2 Å². The van der Waals surface area contributed by atoms with E-state index in [9.17, 15) is 10.1 Å². The van der Waals surface area contributed by atoms with Crippen LogP contribution in [0.2, 0.25) is 0 Å². The average Bonchev–Trinajstić information content (AvgIpc) is 2.78. The molecule has 31 heavy (non-hydrogen) atoms. The van der Waals surface area contributed by atoms with Gasteiger partial charge in [0.05, 0.1) is 7.11 Å². The van der Waals surface area contributed by atoms with E-state index in [1.54, 1.807) is 25.3 Å². The van der Waals surface area contributed by atoms with Crippen LogP contribution in [0.15, 0.2) is 72.3 Å². The molecule has 3 aromatic rings. The molecule has 3 aromatic carbocycles. The van der Waals surface area contributed by atoms with Crippen LogP contribution in [0.3, 0.4) is 0 Å². The second-order valence-electron chi connectivity index (χ2n) is 7.13. The van der Waals surface area contributed by atoms with Crippen molar-refractivity contribution in [2.75, 3.05) is 12.4 Å². The summed E-state index contributed by atoms with van der Waals surface area (Å²) in [7, 11) is 1.55. The summed E-state index contributed by atoms with van der Waals surface area (Å²) in [5.74, 6) is 0.649. The molecule has 0 aliphatic rings. The van der Waals surface area contributed by atoms with Gasteiger partial charge in [0.25, 0.3) is 5.91 Å². The summed E-state index contributed by atoms with van der Waals surface area (Å²) in [5, 5.41) is 12.3. The Bertz CT molecular complexity index is 1150. The molecule has 0 bridgehead atoms. The fraction of sp³-hybridized carbons (Fsp3) is 0.154. The number of carbonyl (C=O) groups is 1. The van der Waals surface area contributed by atoms with Crippen molar-refractivity contribution in [1.29, 1.82) is 5.26 Å². The smallest absolute Gasteiger partial charge is 0.266 e. The van der Waals surface area contributed by atoms with Crippen molar-refractivity contribution in [2.24, 2.45) is 0 Å². The number of hydrogen-bond acceptors (Lipinski definition) is 4. The van der Waals surface area contributed by atoms with Crippen molar-refractivity contribution >= 4 is 17.7 Å². The molecule has 0 unspecified atom stereocenters. The Morgan fingerprint density at radius 2 is 1.81 bits per heavy atom. The predicted octanol–water partition coefficient (Wildman–Crippen LogP) is 5.44. The Hall–Kier alpha value is -4.04. The molecule has 3 rings (SSSR count). The van der Waals surface area contributed by atoms with Gasteiger partial charge in [-0.1, -0.05) is 54.1 Å². The highest BCUT2D eigenvalue weighted by atomic mass is 16.5. The molecule has 0 aliphatic carbocycles. The lowest BCUT2D eigenvalue weighted by Gasteiger charge is -2.12. The molecule has 0 fully saturated rings. The molecular formula is C26H24N2O3. The van der Waals surface area contributed by atoms with Crippen molar-refractivity contribution in [1.82, 2.24) is 0 Å². The van der Waals surface area contributed by atoms with Gasteiger partial charge in [-0.05, 0) is 54.8 Å². The Labute approximate surface area is 182 Å². The van der Waals surface area contributed by atoms with Crippen LogP contribution in [0.5, 0.6) is 11.5 Å². The van der Waals surface area contributed by atoms with Crippen molar-refractivity contribution in [3.8, 4) is 17.6 Å². The third kappa shape index (κ3) is 5.74. The van der Waals surface area contributed by atoms with Gasteiger partial charge in [0, 0.05) is 5.69 Å². The van der Waals surface area contributed by atoms with Crippen molar-refractivity contribution in [3.05, 3.63) is 94.6 Å². The molecule has 5 heteroatoms. The second-order valence-corrected chi connectivity index (χ2v) is 7.13. The standard InChI is InChI=1S/C26H24N2O3/c1-18-9-11-23(19(2)13-18)28-26(29)22(16-27)14-21-10-12-24(25(15-21)30-3)31-17-20-7-5-4-6-8-20/h4-15H,17H2,1-3H3,(H,28,29)/b22-14+. The van der Waals surface area contributed by atoms with E-state index >= 15 is 0 Å². The first-order valence-corrected chi connectivity index (χ1v) is 9.85. The number of hydrogen-bond donors (Lipinski definition) is 1. The first-order chi connectivity index (χ1) is 15.0. The highest BCUT2D eigenvalue weighted by Crippen LogP contribution is 2.30. The normalized spacial score (nSPS) is 10.8. The van der Waals surface area contributed by atoms with Gasteiger partial charge in [-0.25, -0.2) is 0 Å². The zero-order valence-electron chi connectivity index (χ0n) is 17.8. The minimum atomic E-state index is -0.460. The summed E-state index contributed by atoms with van der Waals surface area (Å²) in [6, 6.07) is 22.8. The van der Waals surface area contributed by atoms with Crippen LogP contribution in [0.4, 0.5) is 5.69 Å². The first kappa shape index (κ1) is 21.7. The van der Waals surface area contributed by atoms with Crippen LogP contribution in [0, 0.1) is 25.2 Å². The predicted molar refractivity (Wildman–Crippen MR) is 122 cm³/mol. The summed E-state index contributed by atoms with van der Waals surface area (Å²) >= 11 is 0. The minimum Gasteiger partial charge on any atom is -0.493 e. The van der Waals surface area contributed by atoms with E-state index in [1.807, 2.05) is 68.4 Å². The van der Waals surface area contributed by atoms with E-state index in [4.69, 9.17) is 9.47 Å². The number of methoxy groups -OCH3 is 1. The molecule has 5 nitrogen and oxygen atoms in total. The number of amides is 1. The number of nitriles is 1. The molecule has 156 valence electrons. The van der Waals surface area contributed by atoms with Crippen LogP contribution < -0.4 is 14.8 Å².